The van der Waals surface area contributed by atoms with Crippen molar-refractivity contribution in [2.75, 3.05) is 18.9 Å². The summed E-state index contributed by atoms with van der Waals surface area (Å²) in [5.41, 5.74) is -1.04. The van der Waals surface area contributed by atoms with Gasteiger partial charge in [0.05, 0.1) is 4.92 Å². The molecular formula is C10H12N4O5. The van der Waals surface area contributed by atoms with E-state index in [4.69, 9.17) is 5.11 Å². The van der Waals surface area contributed by atoms with Crippen molar-refractivity contribution in [1.29, 1.82) is 0 Å². The first-order chi connectivity index (χ1) is 8.95. The Hall–Kier alpha value is -2.71. The number of anilines is 1. The molecule has 1 aromatic rings. The lowest BCUT2D eigenvalue weighted by molar-refractivity contribution is -0.385. The van der Waals surface area contributed by atoms with Gasteiger partial charge in [-0.3, -0.25) is 14.9 Å². The Balaban J connectivity index is 2.81. The molecule has 3 N–H and O–H groups in total. The lowest BCUT2D eigenvalue weighted by atomic mass is 10.2. The number of carbonyl (C=O) groups is 2. The Kier molecular flexibility index (Phi) is 4.75. The van der Waals surface area contributed by atoms with Crippen molar-refractivity contribution in [2.24, 2.45) is 0 Å². The van der Waals surface area contributed by atoms with Crippen LogP contribution < -0.4 is 10.6 Å². The number of rotatable bonds is 6. The number of aromatic nitrogens is 1. The fraction of sp³-hybridized carbons (Fsp3) is 0.300. The van der Waals surface area contributed by atoms with Gasteiger partial charge in [-0.05, 0) is 0 Å². The second-order valence-electron chi connectivity index (χ2n) is 3.50. The summed E-state index contributed by atoms with van der Waals surface area (Å²) in [7, 11) is 1.50. The van der Waals surface area contributed by atoms with Crippen LogP contribution in [0.2, 0.25) is 0 Å². The third kappa shape index (κ3) is 3.91. The van der Waals surface area contributed by atoms with E-state index >= 15 is 0 Å². The van der Waals surface area contributed by atoms with Gasteiger partial charge < -0.3 is 15.7 Å². The molecule has 9 nitrogen and oxygen atoms in total. The Morgan fingerprint density at radius 2 is 2.21 bits per heavy atom. The molecule has 1 heterocycles. The molecule has 0 spiro atoms. The molecule has 0 saturated heterocycles. The predicted octanol–water partition coefficient (Wildman–Crippen LogP) is 0.236. The molecule has 19 heavy (non-hydrogen) atoms. The first-order valence-electron chi connectivity index (χ1n) is 5.28. The number of carbonyl (C=O) groups excluding carboxylic acids is 1. The molecule has 9 heteroatoms. The zero-order valence-electron chi connectivity index (χ0n) is 10.0. The molecule has 0 saturated carbocycles. The molecule has 1 amide bonds. The number of amides is 1. The number of carboxylic acids is 1. The topological polar surface area (TPSA) is 134 Å². The zero-order chi connectivity index (χ0) is 14.4. The minimum atomic E-state index is -1.41. The highest BCUT2D eigenvalue weighted by atomic mass is 16.6. The fourth-order valence-corrected chi connectivity index (χ4v) is 1.29. The minimum Gasteiger partial charge on any atom is -0.477 e. The van der Waals surface area contributed by atoms with Crippen molar-refractivity contribution in [3.05, 3.63) is 27.9 Å². The molecule has 0 radical (unpaired) electrons. The van der Waals surface area contributed by atoms with Crippen LogP contribution in [0.4, 0.5) is 11.5 Å². The van der Waals surface area contributed by atoms with Crippen LogP contribution in [0, 0.1) is 10.1 Å². The van der Waals surface area contributed by atoms with Gasteiger partial charge in [0.2, 0.25) is 5.91 Å². The summed E-state index contributed by atoms with van der Waals surface area (Å²) in [6.07, 6.45) is 1.04. The Bertz CT molecular complexity index is 517. The van der Waals surface area contributed by atoms with Gasteiger partial charge in [0.1, 0.15) is 17.6 Å². The summed E-state index contributed by atoms with van der Waals surface area (Å²) in [6, 6.07) is 1.06. The summed E-state index contributed by atoms with van der Waals surface area (Å²) < 4.78 is 0. The van der Waals surface area contributed by atoms with E-state index in [9.17, 15) is 19.7 Å². The first kappa shape index (κ1) is 14.4. The number of hydrogen-bond donors (Lipinski definition) is 3. The van der Waals surface area contributed by atoms with Gasteiger partial charge in [-0.15, -0.1) is 0 Å². The van der Waals surface area contributed by atoms with Crippen molar-refractivity contribution in [2.45, 2.75) is 6.42 Å². The second-order valence-corrected chi connectivity index (χ2v) is 3.50. The van der Waals surface area contributed by atoms with E-state index in [2.05, 4.69) is 15.6 Å². The average Bonchev–Trinajstić information content (AvgIpc) is 2.38. The molecular weight excluding hydrogens is 256 g/mol. The minimum absolute atomic E-state index is 0.159. The van der Waals surface area contributed by atoms with Gasteiger partial charge in [0.25, 0.3) is 0 Å². The number of pyridine rings is 1. The lowest BCUT2D eigenvalue weighted by Crippen LogP contribution is -2.21. The molecule has 1 aromatic heterocycles. The van der Waals surface area contributed by atoms with E-state index in [0.29, 0.717) is 0 Å². The molecule has 0 aliphatic heterocycles. The smallest absolute Gasteiger partial charge is 0.342 e. The molecule has 0 aromatic carbocycles. The summed E-state index contributed by atoms with van der Waals surface area (Å²) in [5.74, 6) is -1.44. The van der Waals surface area contributed by atoms with E-state index in [0.717, 1.165) is 12.3 Å². The van der Waals surface area contributed by atoms with Gasteiger partial charge in [0.15, 0.2) is 0 Å². The largest absolute Gasteiger partial charge is 0.477 e. The average molecular weight is 268 g/mol. The molecule has 0 bridgehead atoms. The number of nitrogens with zero attached hydrogens (tertiary/aromatic N) is 2. The summed E-state index contributed by atoms with van der Waals surface area (Å²) in [4.78, 5) is 35.4. The maximum absolute atomic E-state index is 11.0. The molecule has 0 aliphatic rings. The summed E-state index contributed by atoms with van der Waals surface area (Å²) in [6.45, 7) is 0.240. The van der Waals surface area contributed by atoms with Crippen LogP contribution in [0.3, 0.4) is 0 Å². The van der Waals surface area contributed by atoms with Crippen LogP contribution in [0.5, 0.6) is 0 Å². The standard InChI is InChI=1S/C10H12N4O5/c1-11-9(15)2-3-12-8-4-6(10(16)17)7(5-13-8)14(18)19/h4-5H,2-3H2,1H3,(H,11,15)(H,12,13)(H,16,17). The summed E-state index contributed by atoms with van der Waals surface area (Å²) >= 11 is 0. The van der Waals surface area contributed by atoms with Crippen molar-refractivity contribution in [3.8, 4) is 0 Å². The second kappa shape index (κ2) is 6.28. The third-order valence-electron chi connectivity index (χ3n) is 2.25. The highest BCUT2D eigenvalue weighted by Gasteiger charge is 2.20. The quantitative estimate of drug-likeness (QED) is 0.496. The normalized spacial score (nSPS) is 9.74. The van der Waals surface area contributed by atoms with Crippen LogP contribution in [0.1, 0.15) is 16.8 Å². The van der Waals surface area contributed by atoms with Gasteiger partial charge in [-0.1, -0.05) is 0 Å². The number of nitrogens with one attached hydrogen (secondary N) is 2. The van der Waals surface area contributed by atoms with Gasteiger partial charge in [-0.25, -0.2) is 9.78 Å². The van der Waals surface area contributed by atoms with E-state index in [-0.39, 0.29) is 24.7 Å². The Morgan fingerprint density at radius 3 is 2.74 bits per heavy atom. The Morgan fingerprint density at radius 1 is 1.53 bits per heavy atom. The summed E-state index contributed by atoms with van der Waals surface area (Å²) in [5, 5.41) is 24.6. The maximum atomic E-state index is 11.0. The van der Waals surface area contributed by atoms with Crippen LogP contribution in [0.25, 0.3) is 0 Å². The van der Waals surface area contributed by atoms with Gasteiger partial charge in [-0.2, -0.15) is 0 Å². The molecule has 102 valence electrons. The highest BCUT2D eigenvalue weighted by Crippen LogP contribution is 2.20. The van der Waals surface area contributed by atoms with Crippen molar-refractivity contribution in [3.63, 3.8) is 0 Å². The van der Waals surface area contributed by atoms with Crippen LogP contribution in [-0.2, 0) is 4.79 Å². The predicted molar refractivity (Wildman–Crippen MR) is 65.0 cm³/mol. The number of nitro groups is 1. The molecule has 0 atom stereocenters. The Labute approximate surface area is 107 Å². The van der Waals surface area contributed by atoms with Gasteiger partial charge >= 0.3 is 11.7 Å². The van der Waals surface area contributed by atoms with Gasteiger partial charge in [0, 0.05) is 26.1 Å². The molecule has 0 fully saturated rings. The molecule has 1 rings (SSSR count). The maximum Gasteiger partial charge on any atom is 0.342 e. The number of carboxylic acid groups (broad SMARTS) is 1. The first-order valence-corrected chi connectivity index (χ1v) is 5.28. The van der Waals surface area contributed by atoms with Crippen LogP contribution >= 0.6 is 0 Å². The van der Waals surface area contributed by atoms with E-state index in [1.165, 1.54) is 7.05 Å². The third-order valence-corrected chi connectivity index (χ3v) is 2.25. The molecule has 0 aliphatic carbocycles. The number of aromatic carboxylic acids is 1. The molecule has 0 unspecified atom stereocenters. The highest BCUT2D eigenvalue weighted by molar-refractivity contribution is 5.93. The van der Waals surface area contributed by atoms with E-state index in [1.54, 1.807) is 0 Å². The number of hydrogen-bond acceptors (Lipinski definition) is 6. The van der Waals surface area contributed by atoms with Crippen molar-refractivity contribution >= 4 is 23.4 Å². The fourth-order valence-electron chi connectivity index (χ4n) is 1.29. The van der Waals surface area contributed by atoms with E-state index in [1.807, 2.05) is 0 Å². The zero-order valence-corrected chi connectivity index (χ0v) is 10.0. The lowest BCUT2D eigenvalue weighted by Gasteiger charge is -2.05. The van der Waals surface area contributed by atoms with Crippen LogP contribution in [0.15, 0.2) is 12.3 Å². The SMILES string of the molecule is CNC(=O)CCNc1cc(C(=O)O)c([N+](=O)[O-])cn1. The monoisotopic (exact) mass is 268 g/mol. The van der Waals surface area contributed by atoms with Crippen molar-refractivity contribution in [1.82, 2.24) is 10.3 Å². The van der Waals surface area contributed by atoms with Crippen molar-refractivity contribution < 1.29 is 19.6 Å². The van der Waals surface area contributed by atoms with E-state index < -0.39 is 22.1 Å². The van der Waals surface area contributed by atoms with Crippen LogP contribution in [-0.4, -0.2) is 40.5 Å².